The van der Waals surface area contributed by atoms with Crippen molar-refractivity contribution in [3.63, 3.8) is 0 Å². The molecule has 136 valence electrons. The van der Waals surface area contributed by atoms with Gasteiger partial charge in [-0.15, -0.1) is 0 Å². The summed E-state index contributed by atoms with van der Waals surface area (Å²) in [5, 5.41) is 2.85. The maximum Gasteiger partial charge on any atom is 0.340 e. The molecular weight excluding hydrogens is 332 g/mol. The summed E-state index contributed by atoms with van der Waals surface area (Å²) in [5.41, 5.74) is 3.34. The number of ether oxygens (including phenoxy) is 2. The highest BCUT2D eigenvalue weighted by molar-refractivity contribution is 6.05. The average Bonchev–Trinajstić information content (AvgIpc) is 2.68. The van der Waals surface area contributed by atoms with E-state index in [9.17, 15) is 9.59 Å². The Morgan fingerprint density at radius 1 is 1.12 bits per heavy atom. The summed E-state index contributed by atoms with van der Waals surface area (Å²) in [5.74, 6) is -0.651. The van der Waals surface area contributed by atoms with Crippen LogP contribution in [-0.2, 0) is 9.47 Å². The summed E-state index contributed by atoms with van der Waals surface area (Å²) in [4.78, 5) is 26.8. The highest BCUT2D eigenvalue weighted by Gasteiger charge is 2.20. The molecule has 2 aromatic carbocycles. The number of nitrogens with one attached hydrogen (secondary N) is 1. The first kappa shape index (κ1) is 17.9. The van der Waals surface area contributed by atoms with Crippen LogP contribution in [0.5, 0.6) is 0 Å². The minimum absolute atomic E-state index is 0.219. The minimum Gasteiger partial charge on any atom is -0.465 e. The number of benzene rings is 2. The van der Waals surface area contributed by atoms with E-state index >= 15 is 0 Å². The molecule has 1 fully saturated rings. The second-order valence-corrected chi connectivity index (χ2v) is 6.15. The van der Waals surface area contributed by atoms with Crippen LogP contribution >= 0.6 is 0 Å². The van der Waals surface area contributed by atoms with E-state index in [-0.39, 0.29) is 5.91 Å². The number of methoxy groups -OCH3 is 1. The number of morpholine rings is 1. The third kappa shape index (κ3) is 4.03. The van der Waals surface area contributed by atoms with E-state index in [0.717, 1.165) is 11.3 Å². The van der Waals surface area contributed by atoms with Crippen LogP contribution in [-0.4, -0.2) is 45.3 Å². The molecule has 0 spiro atoms. The van der Waals surface area contributed by atoms with Gasteiger partial charge in [0.25, 0.3) is 5.91 Å². The Labute approximate surface area is 152 Å². The molecule has 3 rings (SSSR count). The molecule has 1 aliphatic rings. The van der Waals surface area contributed by atoms with Gasteiger partial charge in [-0.2, -0.15) is 0 Å². The lowest BCUT2D eigenvalue weighted by molar-refractivity contribution is 0.0600. The Balaban J connectivity index is 1.86. The second kappa shape index (κ2) is 8.01. The van der Waals surface area contributed by atoms with Gasteiger partial charge in [0, 0.05) is 24.3 Å². The van der Waals surface area contributed by atoms with Gasteiger partial charge >= 0.3 is 5.97 Å². The van der Waals surface area contributed by atoms with E-state index in [0.29, 0.717) is 43.1 Å². The largest absolute Gasteiger partial charge is 0.465 e. The van der Waals surface area contributed by atoms with Crippen LogP contribution in [0.15, 0.2) is 42.5 Å². The molecule has 26 heavy (non-hydrogen) atoms. The normalized spacial score (nSPS) is 14.0. The summed E-state index contributed by atoms with van der Waals surface area (Å²) in [6, 6.07) is 12.6. The van der Waals surface area contributed by atoms with Gasteiger partial charge in [0.05, 0.1) is 31.6 Å². The van der Waals surface area contributed by atoms with Gasteiger partial charge in [-0.25, -0.2) is 4.79 Å². The molecule has 0 aliphatic carbocycles. The van der Waals surface area contributed by atoms with Crippen LogP contribution in [0.2, 0.25) is 0 Å². The molecule has 0 unspecified atom stereocenters. The number of carbonyl (C=O) groups is 2. The molecule has 0 saturated carbocycles. The smallest absolute Gasteiger partial charge is 0.340 e. The Hall–Kier alpha value is -2.86. The fraction of sp³-hybridized carbons (Fsp3) is 0.300. The number of hydrogen-bond donors (Lipinski definition) is 1. The molecule has 2 aromatic rings. The van der Waals surface area contributed by atoms with Gasteiger partial charge in [-0.3, -0.25) is 4.79 Å². The predicted molar refractivity (Wildman–Crippen MR) is 99.9 cm³/mol. The molecule has 6 heteroatoms. The summed E-state index contributed by atoms with van der Waals surface area (Å²) in [6.07, 6.45) is 0. The Morgan fingerprint density at radius 3 is 2.58 bits per heavy atom. The van der Waals surface area contributed by atoms with Crippen molar-refractivity contribution in [2.45, 2.75) is 6.92 Å². The molecule has 1 amide bonds. The van der Waals surface area contributed by atoms with Crippen molar-refractivity contribution in [1.29, 1.82) is 0 Å². The fourth-order valence-corrected chi connectivity index (χ4v) is 2.96. The zero-order valence-electron chi connectivity index (χ0n) is 15.0. The molecule has 1 N–H and O–H groups in total. The number of amides is 1. The zero-order valence-corrected chi connectivity index (χ0v) is 15.0. The Kier molecular flexibility index (Phi) is 5.53. The molecule has 1 aliphatic heterocycles. The maximum absolute atomic E-state index is 12.4. The average molecular weight is 354 g/mol. The topological polar surface area (TPSA) is 67.9 Å². The first-order valence-electron chi connectivity index (χ1n) is 8.51. The van der Waals surface area contributed by atoms with Crippen molar-refractivity contribution in [2.24, 2.45) is 0 Å². The molecule has 0 bridgehead atoms. The zero-order chi connectivity index (χ0) is 18.5. The quantitative estimate of drug-likeness (QED) is 0.855. The van der Waals surface area contributed by atoms with Crippen molar-refractivity contribution >= 4 is 23.3 Å². The third-order valence-electron chi connectivity index (χ3n) is 4.29. The van der Waals surface area contributed by atoms with Crippen LogP contribution < -0.4 is 10.2 Å². The molecular formula is C20H22N2O4. The van der Waals surface area contributed by atoms with E-state index in [2.05, 4.69) is 10.2 Å². The lowest BCUT2D eigenvalue weighted by Gasteiger charge is -2.30. The maximum atomic E-state index is 12.4. The highest BCUT2D eigenvalue weighted by Crippen LogP contribution is 2.26. The Morgan fingerprint density at radius 2 is 1.88 bits per heavy atom. The van der Waals surface area contributed by atoms with E-state index < -0.39 is 5.97 Å². The molecule has 6 nitrogen and oxygen atoms in total. The SMILES string of the molecule is COC(=O)c1cc(NC(=O)c2cccc(C)c2)ccc1N1CCOCC1. The number of aryl methyl sites for hydroxylation is 1. The first-order chi connectivity index (χ1) is 12.6. The first-order valence-corrected chi connectivity index (χ1v) is 8.51. The third-order valence-corrected chi connectivity index (χ3v) is 4.29. The highest BCUT2D eigenvalue weighted by atomic mass is 16.5. The van der Waals surface area contributed by atoms with Crippen LogP contribution in [0.3, 0.4) is 0 Å². The molecule has 1 heterocycles. The number of rotatable bonds is 4. The Bertz CT molecular complexity index is 813. The van der Waals surface area contributed by atoms with Gasteiger partial charge < -0.3 is 19.7 Å². The summed E-state index contributed by atoms with van der Waals surface area (Å²) in [6.45, 7) is 4.58. The lowest BCUT2D eigenvalue weighted by atomic mass is 10.1. The minimum atomic E-state index is -0.432. The molecule has 0 radical (unpaired) electrons. The van der Waals surface area contributed by atoms with Crippen LogP contribution in [0, 0.1) is 6.92 Å². The second-order valence-electron chi connectivity index (χ2n) is 6.15. The number of carbonyl (C=O) groups excluding carboxylic acids is 2. The number of esters is 1. The van der Waals surface area contributed by atoms with E-state index in [1.807, 2.05) is 31.2 Å². The number of hydrogen-bond acceptors (Lipinski definition) is 5. The summed E-state index contributed by atoms with van der Waals surface area (Å²) < 4.78 is 10.3. The summed E-state index contributed by atoms with van der Waals surface area (Å²) >= 11 is 0. The fourth-order valence-electron chi connectivity index (χ4n) is 2.96. The van der Waals surface area contributed by atoms with Crippen molar-refractivity contribution < 1.29 is 19.1 Å². The standard InChI is InChI=1S/C20H22N2O4/c1-14-4-3-5-15(12-14)19(23)21-16-6-7-18(17(13-16)20(24)25-2)22-8-10-26-11-9-22/h3-7,12-13H,8-11H2,1-2H3,(H,21,23). The predicted octanol–water partition coefficient (Wildman–Crippen LogP) is 2.87. The van der Waals surface area contributed by atoms with Crippen LogP contribution in [0.25, 0.3) is 0 Å². The van der Waals surface area contributed by atoms with Gasteiger partial charge in [0.15, 0.2) is 0 Å². The van der Waals surface area contributed by atoms with Crippen LogP contribution in [0.1, 0.15) is 26.3 Å². The monoisotopic (exact) mass is 354 g/mol. The molecule has 0 atom stereocenters. The summed E-state index contributed by atoms with van der Waals surface area (Å²) in [7, 11) is 1.35. The van der Waals surface area contributed by atoms with Gasteiger partial charge in [-0.1, -0.05) is 17.7 Å². The van der Waals surface area contributed by atoms with E-state index in [1.165, 1.54) is 7.11 Å². The number of anilines is 2. The molecule has 0 aromatic heterocycles. The van der Waals surface area contributed by atoms with Gasteiger partial charge in [0.2, 0.25) is 0 Å². The van der Waals surface area contributed by atoms with Crippen molar-refractivity contribution in [1.82, 2.24) is 0 Å². The van der Waals surface area contributed by atoms with Gasteiger partial charge in [-0.05, 0) is 37.3 Å². The van der Waals surface area contributed by atoms with Crippen LogP contribution in [0.4, 0.5) is 11.4 Å². The van der Waals surface area contributed by atoms with E-state index in [4.69, 9.17) is 9.47 Å². The lowest BCUT2D eigenvalue weighted by Crippen LogP contribution is -2.37. The molecule has 1 saturated heterocycles. The van der Waals surface area contributed by atoms with E-state index in [1.54, 1.807) is 18.2 Å². The van der Waals surface area contributed by atoms with Crippen molar-refractivity contribution in [2.75, 3.05) is 43.6 Å². The number of nitrogens with zero attached hydrogens (tertiary/aromatic N) is 1. The van der Waals surface area contributed by atoms with Gasteiger partial charge in [0.1, 0.15) is 0 Å². The van der Waals surface area contributed by atoms with Crippen molar-refractivity contribution in [3.8, 4) is 0 Å². The van der Waals surface area contributed by atoms with Crippen molar-refractivity contribution in [3.05, 3.63) is 59.2 Å².